The van der Waals surface area contributed by atoms with E-state index in [4.69, 9.17) is 13.7 Å². The Morgan fingerprint density at radius 1 is 1.40 bits per heavy atom. The summed E-state index contributed by atoms with van der Waals surface area (Å²) in [6, 6.07) is 0.998. The molecule has 0 unspecified atom stereocenters. The van der Waals surface area contributed by atoms with Crippen LogP contribution < -0.4 is 0 Å². The van der Waals surface area contributed by atoms with Gasteiger partial charge in [-0.05, 0) is 19.1 Å². The highest BCUT2D eigenvalue weighted by Gasteiger charge is 2.24. The van der Waals surface area contributed by atoms with Crippen molar-refractivity contribution in [2.45, 2.75) is 32.5 Å². The molecule has 0 aromatic heterocycles. The minimum atomic E-state index is -2.77. The van der Waals surface area contributed by atoms with Crippen LogP contribution in [-0.4, -0.2) is 27.4 Å². The van der Waals surface area contributed by atoms with Crippen LogP contribution in [0.25, 0.3) is 0 Å². The predicted molar refractivity (Wildman–Crippen MR) is 45.3 cm³/mol. The van der Waals surface area contributed by atoms with E-state index in [1.54, 1.807) is 0 Å². The fourth-order valence-electron chi connectivity index (χ4n) is 0.946. The lowest BCUT2D eigenvalue weighted by molar-refractivity contribution is 0.283. The molecule has 0 saturated carbocycles. The lowest BCUT2D eigenvalue weighted by Gasteiger charge is -2.22. The third-order valence-corrected chi connectivity index (χ3v) is 6.38. The maximum Gasteiger partial charge on any atom is 0.468 e. The van der Waals surface area contributed by atoms with Gasteiger partial charge in [0.1, 0.15) is 0 Å². The van der Waals surface area contributed by atoms with Crippen molar-refractivity contribution in [3.63, 3.8) is 0 Å². The SMILES string of the molecule is CCC[Si](C)(C)O[SiH](O)O. The molecule has 0 amide bonds. The average Bonchev–Trinajstić information content (AvgIpc) is 1.59. The fraction of sp³-hybridized carbons (Fsp3) is 1.00. The van der Waals surface area contributed by atoms with Crippen LogP contribution in [0.5, 0.6) is 0 Å². The van der Waals surface area contributed by atoms with E-state index in [2.05, 4.69) is 6.92 Å². The van der Waals surface area contributed by atoms with Crippen LogP contribution in [0.4, 0.5) is 0 Å². The summed E-state index contributed by atoms with van der Waals surface area (Å²) in [7, 11) is -4.47. The molecule has 0 saturated heterocycles. The van der Waals surface area contributed by atoms with Gasteiger partial charge >= 0.3 is 9.53 Å². The zero-order valence-electron chi connectivity index (χ0n) is 6.79. The third-order valence-electron chi connectivity index (χ3n) is 1.28. The Labute approximate surface area is 64.8 Å². The molecule has 0 bridgehead atoms. The molecule has 0 aliphatic carbocycles. The first-order valence-electron chi connectivity index (χ1n) is 3.52. The number of hydrogen-bond acceptors (Lipinski definition) is 3. The lowest BCUT2D eigenvalue weighted by atomic mass is 10.6. The Balaban J connectivity index is 3.63. The van der Waals surface area contributed by atoms with Crippen molar-refractivity contribution in [3.05, 3.63) is 0 Å². The molecular formula is C5H16O3Si2. The molecule has 0 spiro atoms. The summed E-state index contributed by atoms with van der Waals surface area (Å²) in [5, 5.41) is 0. The minimum absolute atomic E-state index is 0.998. The molecule has 10 heavy (non-hydrogen) atoms. The van der Waals surface area contributed by atoms with Crippen molar-refractivity contribution in [2.75, 3.05) is 0 Å². The number of hydrogen-bond donors (Lipinski definition) is 2. The molecule has 0 rings (SSSR count). The Kier molecular flexibility index (Phi) is 4.38. The molecular weight excluding hydrogens is 164 g/mol. The predicted octanol–water partition coefficient (Wildman–Crippen LogP) is 0.320. The highest BCUT2D eigenvalue weighted by molar-refractivity contribution is 6.75. The Bertz CT molecular complexity index is 94.9. The van der Waals surface area contributed by atoms with Crippen LogP contribution in [0.3, 0.4) is 0 Å². The topological polar surface area (TPSA) is 49.7 Å². The molecule has 5 heteroatoms. The van der Waals surface area contributed by atoms with Crippen molar-refractivity contribution in [1.82, 2.24) is 0 Å². The largest absolute Gasteiger partial charge is 0.468 e. The fourth-order valence-corrected chi connectivity index (χ4v) is 4.90. The van der Waals surface area contributed by atoms with E-state index in [1.807, 2.05) is 13.1 Å². The first kappa shape index (κ1) is 10.3. The standard InChI is InChI=1S/C5H16O3Si2/c1-4-5-10(2,3)8-9(6)7/h6-7,9H,4-5H2,1-3H3. The van der Waals surface area contributed by atoms with Gasteiger partial charge < -0.3 is 13.7 Å². The zero-order chi connectivity index (χ0) is 8.20. The second kappa shape index (κ2) is 4.25. The summed E-state index contributed by atoms with van der Waals surface area (Å²) in [5.74, 6) is 0. The lowest BCUT2D eigenvalue weighted by Crippen LogP contribution is -2.37. The van der Waals surface area contributed by atoms with Gasteiger partial charge in [0.2, 0.25) is 0 Å². The van der Waals surface area contributed by atoms with Gasteiger partial charge in [0, 0.05) is 0 Å². The summed E-state index contributed by atoms with van der Waals surface area (Å²) < 4.78 is 5.07. The molecule has 0 aromatic carbocycles. The van der Waals surface area contributed by atoms with E-state index >= 15 is 0 Å². The van der Waals surface area contributed by atoms with Gasteiger partial charge in [-0.2, -0.15) is 0 Å². The molecule has 0 heterocycles. The van der Waals surface area contributed by atoms with Gasteiger partial charge in [-0.3, -0.25) is 0 Å². The van der Waals surface area contributed by atoms with Crippen LogP contribution in [0.2, 0.25) is 19.1 Å². The normalized spacial score (nSPS) is 12.6. The van der Waals surface area contributed by atoms with Crippen molar-refractivity contribution in [2.24, 2.45) is 0 Å². The van der Waals surface area contributed by atoms with Crippen molar-refractivity contribution in [3.8, 4) is 0 Å². The molecule has 0 fully saturated rings. The van der Waals surface area contributed by atoms with E-state index in [1.165, 1.54) is 0 Å². The first-order valence-corrected chi connectivity index (χ1v) is 8.14. The van der Waals surface area contributed by atoms with Gasteiger partial charge in [0.25, 0.3) is 0 Å². The van der Waals surface area contributed by atoms with E-state index in [-0.39, 0.29) is 0 Å². The maximum absolute atomic E-state index is 8.62. The number of rotatable bonds is 4. The smallest absolute Gasteiger partial charge is 0.418 e. The molecule has 0 atom stereocenters. The quantitative estimate of drug-likeness (QED) is 0.613. The van der Waals surface area contributed by atoms with E-state index in [9.17, 15) is 0 Å². The molecule has 2 N–H and O–H groups in total. The van der Waals surface area contributed by atoms with Crippen LogP contribution in [0.15, 0.2) is 0 Å². The van der Waals surface area contributed by atoms with E-state index in [0.717, 1.165) is 12.5 Å². The summed E-state index contributed by atoms with van der Waals surface area (Å²) in [5.41, 5.74) is 0. The van der Waals surface area contributed by atoms with E-state index in [0.29, 0.717) is 0 Å². The Morgan fingerprint density at radius 2 is 1.90 bits per heavy atom. The first-order chi connectivity index (χ1) is 4.48. The minimum Gasteiger partial charge on any atom is -0.418 e. The summed E-state index contributed by atoms with van der Waals surface area (Å²) in [6.45, 7) is 6.08. The van der Waals surface area contributed by atoms with E-state index < -0.39 is 17.8 Å². The molecule has 62 valence electrons. The van der Waals surface area contributed by atoms with Crippen LogP contribution in [-0.2, 0) is 4.12 Å². The summed E-state index contributed by atoms with van der Waals surface area (Å²) >= 11 is 0. The second-order valence-electron chi connectivity index (χ2n) is 2.95. The van der Waals surface area contributed by atoms with Crippen LogP contribution in [0.1, 0.15) is 13.3 Å². The Hall–Kier alpha value is 0.314. The monoisotopic (exact) mass is 180 g/mol. The van der Waals surface area contributed by atoms with Gasteiger partial charge in [-0.1, -0.05) is 13.3 Å². The van der Waals surface area contributed by atoms with Crippen molar-refractivity contribution >= 4 is 17.8 Å². The highest BCUT2D eigenvalue weighted by Crippen LogP contribution is 2.12. The zero-order valence-corrected chi connectivity index (χ0v) is 8.95. The molecule has 0 aromatic rings. The van der Waals surface area contributed by atoms with Gasteiger partial charge in [0.05, 0.1) is 0 Å². The van der Waals surface area contributed by atoms with Crippen molar-refractivity contribution < 1.29 is 13.7 Å². The van der Waals surface area contributed by atoms with Crippen molar-refractivity contribution in [1.29, 1.82) is 0 Å². The molecule has 0 aliphatic heterocycles. The second-order valence-corrected chi connectivity index (χ2v) is 8.57. The highest BCUT2D eigenvalue weighted by atomic mass is 28.4. The van der Waals surface area contributed by atoms with Gasteiger partial charge in [-0.25, -0.2) is 0 Å². The van der Waals surface area contributed by atoms with Gasteiger partial charge in [0.15, 0.2) is 8.32 Å². The summed E-state index contributed by atoms with van der Waals surface area (Å²) in [6.07, 6.45) is 1.06. The average molecular weight is 180 g/mol. The summed E-state index contributed by atoms with van der Waals surface area (Å²) in [4.78, 5) is 17.2. The van der Waals surface area contributed by atoms with Crippen LogP contribution >= 0.6 is 0 Å². The third kappa shape index (κ3) is 5.13. The Morgan fingerprint density at radius 3 is 2.20 bits per heavy atom. The molecule has 3 nitrogen and oxygen atoms in total. The molecule has 0 aliphatic rings. The maximum atomic E-state index is 8.62. The molecule has 0 radical (unpaired) electrons. The van der Waals surface area contributed by atoms with Gasteiger partial charge in [-0.15, -0.1) is 0 Å². The van der Waals surface area contributed by atoms with Crippen LogP contribution in [0, 0.1) is 0 Å².